The number of phenolic OH excluding ortho intramolecular Hbond substituents is 1. The first-order valence-electron chi connectivity index (χ1n) is 4.26. The molecule has 5 nitrogen and oxygen atoms in total. The number of nitro groups is 1. The second-order valence-corrected chi connectivity index (χ2v) is 3.56. The normalized spacial score (nSPS) is 11.2. The summed E-state index contributed by atoms with van der Waals surface area (Å²) in [5.41, 5.74) is -0.0203. The number of halogens is 1. The summed E-state index contributed by atoms with van der Waals surface area (Å²) < 4.78 is 0. The van der Waals surface area contributed by atoms with Gasteiger partial charge in [-0.2, -0.15) is 0 Å². The third-order valence-electron chi connectivity index (χ3n) is 1.85. The van der Waals surface area contributed by atoms with Gasteiger partial charge < -0.3 is 5.11 Å². The lowest BCUT2D eigenvalue weighted by Gasteiger charge is -2.02. The topological polar surface area (TPSA) is 80.4 Å². The summed E-state index contributed by atoms with van der Waals surface area (Å²) in [6, 6.07) is 2.39. The van der Waals surface area contributed by atoms with E-state index in [1.807, 2.05) is 0 Å². The molecular formula is C10H8ClNO4. The second-order valence-electron chi connectivity index (χ2n) is 3.13. The SMILES string of the molecule is C/C(C=O)=C/c1cc(Cl)cc([N+](=O)[O-])c1O. The minimum Gasteiger partial charge on any atom is -0.502 e. The first-order valence-corrected chi connectivity index (χ1v) is 4.64. The lowest BCUT2D eigenvalue weighted by atomic mass is 10.1. The summed E-state index contributed by atoms with van der Waals surface area (Å²) in [7, 11) is 0. The van der Waals surface area contributed by atoms with E-state index in [0.29, 0.717) is 11.9 Å². The first-order chi connectivity index (χ1) is 7.45. The van der Waals surface area contributed by atoms with Gasteiger partial charge in [0.2, 0.25) is 5.75 Å². The number of carbonyl (C=O) groups excluding carboxylic acids is 1. The number of rotatable bonds is 3. The predicted molar refractivity (Wildman–Crippen MR) is 59.5 cm³/mol. The molecule has 0 heterocycles. The Labute approximate surface area is 96.1 Å². The van der Waals surface area contributed by atoms with Crippen molar-refractivity contribution in [2.75, 3.05) is 0 Å². The molecular weight excluding hydrogens is 234 g/mol. The molecule has 0 aliphatic heterocycles. The monoisotopic (exact) mass is 241 g/mol. The Hall–Kier alpha value is -1.88. The number of aldehydes is 1. The zero-order valence-corrected chi connectivity index (χ0v) is 9.06. The van der Waals surface area contributed by atoms with Crippen LogP contribution in [-0.4, -0.2) is 16.3 Å². The Balaban J connectivity index is 3.41. The summed E-state index contributed by atoms with van der Waals surface area (Å²) in [5.74, 6) is -0.504. The van der Waals surface area contributed by atoms with Gasteiger partial charge in [0.15, 0.2) is 0 Å². The van der Waals surface area contributed by atoms with Crippen LogP contribution in [0.4, 0.5) is 5.69 Å². The van der Waals surface area contributed by atoms with Gasteiger partial charge in [-0.05, 0) is 24.6 Å². The van der Waals surface area contributed by atoms with Crippen molar-refractivity contribution in [2.45, 2.75) is 6.92 Å². The number of hydrogen-bond donors (Lipinski definition) is 1. The van der Waals surface area contributed by atoms with Crippen LogP contribution in [0.25, 0.3) is 6.08 Å². The minimum absolute atomic E-state index is 0.120. The van der Waals surface area contributed by atoms with Crippen LogP contribution in [0.5, 0.6) is 5.75 Å². The molecule has 1 aromatic carbocycles. The molecule has 0 bridgehead atoms. The number of allylic oxidation sites excluding steroid dienone is 1. The highest BCUT2D eigenvalue weighted by Crippen LogP contribution is 2.34. The smallest absolute Gasteiger partial charge is 0.312 e. The number of aromatic hydroxyl groups is 1. The molecule has 1 rings (SSSR count). The Morgan fingerprint density at radius 2 is 2.19 bits per heavy atom. The molecule has 16 heavy (non-hydrogen) atoms. The van der Waals surface area contributed by atoms with Crippen molar-refractivity contribution in [3.8, 4) is 5.75 Å². The molecule has 6 heteroatoms. The molecule has 1 N–H and O–H groups in total. The van der Waals surface area contributed by atoms with Crippen molar-refractivity contribution in [1.29, 1.82) is 0 Å². The number of nitrogens with zero attached hydrogens (tertiary/aromatic N) is 1. The molecule has 0 spiro atoms. The van der Waals surface area contributed by atoms with E-state index in [2.05, 4.69) is 0 Å². The molecule has 0 atom stereocenters. The van der Waals surface area contributed by atoms with E-state index in [-0.39, 0.29) is 10.6 Å². The summed E-state index contributed by atoms with van der Waals surface area (Å²) in [6.07, 6.45) is 1.90. The van der Waals surface area contributed by atoms with E-state index in [0.717, 1.165) is 6.07 Å². The fraction of sp³-hybridized carbons (Fsp3) is 0.100. The van der Waals surface area contributed by atoms with Crippen LogP contribution >= 0.6 is 11.6 Å². The van der Waals surface area contributed by atoms with Crippen LogP contribution in [0, 0.1) is 10.1 Å². The predicted octanol–water partition coefficient (Wildman–Crippen LogP) is 2.56. The Bertz CT molecular complexity index is 482. The third-order valence-corrected chi connectivity index (χ3v) is 2.07. The number of carbonyl (C=O) groups is 1. The number of nitro benzene ring substituents is 1. The van der Waals surface area contributed by atoms with Crippen molar-refractivity contribution in [3.63, 3.8) is 0 Å². The maximum Gasteiger partial charge on any atom is 0.312 e. The van der Waals surface area contributed by atoms with Crippen LogP contribution < -0.4 is 0 Å². The highest BCUT2D eigenvalue weighted by molar-refractivity contribution is 6.31. The molecule has 0 amide bonds. The standard InChI is InChI=1S/C10H8ClNO4/c1-6(5-13)2-7-3-8(11)4-9(10(7)14)12(15)16/h2-5,14H,1H3/b6-2-. The van der Waals surface area contributed by atoms with E-state index >= 15 is 0 Å². The average molecular weight is 242 g/mol. The van der Waals surface area contributed by atoms with E-state index in [9.17, 15) is 20.0 Å². The minimum atomic E-state index is -0.741. The second kappa shape index (κ2) is 4.76. The van der Waals surface area contributed by atoms with Gasteiger partial charge in [-0.1, -0.05) is 11.6 Å². The molecule has 0 saturated carbocycles. The zero-order valence-electron chi connectivity index (χ0n) is 8.31. The first kappa shape index (κ1) is 12.2. The fourth-order valence-corrected chi connectivity index (χ4v) is 1.35. The van der Waals surface area contributed by atoms with Crippen LogP contribution in [0.1, 0.15) is 12.5 Å². The molecule has 0 unspecified atom stereocenters. The lowest BCUT2D eigenvalue weighted by Crippen LogP contribution is -1.91. The maximum atomic E-state index is 10.6. The number of hydrogen-bond acceptors (Lipinski definition) is 4. The van der Waals surface area contributed by atoms with Gasteiger partial charge in [0.05, 0.1) is 4.92 Å². The molecule has 1 aromatic rings. The van der Waals surface area contributed by atoms with Gasteiger partial charge in [0, 0.05) is 16.7 Å². The van der Waals surface area contributed by atoms with Crippen molar-refractivity contribution in [2.24, 2.45) is 0 Å². The largest absolute Gasteiger partial charge is 0.502 e. The lowest BCUT2D eigenvalue weighted by molar-refractivity contribution is -0.385. The molecule has 0 fully saturated rings. The number of benzene rings is 1. The van der Waals surface area contributed by atoms with Crippen LogP contribution in [0.15, 0.2) is 17.7 Å². The van der Waals surface area contributed by atoms with Crippen molar-refractivity contribution >= 4 is 29.7 Å². The van der Waals surface area contributed by atoms with Crippen LogP contribution in [-0.2, 0) is 4.79 Å². The third kappa shape index (κ3) is 2.58. The Morgan fingerprint density at radius 1 is 1.56 bits per heavy atom. The zero-order chi connectivity index (χ0) is 12.3. The highest BCUT2D eigenvalue weighted by Gasteiger charge is 2.17. The summed E-state index contributed by atoms with van der Waals surface area (Å²) in [4.78, 5) is 20.2. The van der Waals surface area contributed by atoms with Crippen LogP contribution in [0.3, 0.4) is 0 Å². The Morgan fingerprint density at radius 3 is 2.69 bits per heavy atom. The average Bonchev–Trinajstić information content (AvgIpc) is 2.22. The van der Waals surface area contributed by atoms with Crippen LogP contribution in [0.2, 0.25) is 5.02 Å². The maximum absolute atomic E-state index is 10.6. The molecule has 0 radical (unpaired) electrons. The van der Waals surface area contributed by atoms with E-state index in [1.54, 1.807) is 0 Å². The summed E-state index contributed by atoms with van der Waals surface area (Å²) >= 11 is 5.66. The number of phenols is 1. The van der Waals surface area contributed by atoms with Gasteiger partial charge in [-0.25, -0.2) is 0 Å². The van der Waals surface area contributed by atoms with Crippen molar-refractivity contribution < 1.29 is 14.8 Å². The molecule has 0 aliphatic carbocycles. The van der Waals surface area contributed by atoms with Gasteiger partial charge in [-0.15, -0.1) is 0 Å². The van der Waals surface area contributed by atoms with E-state index in [1.165, 1.54) is 19.1 Å². The molecule has 84 valence electrons. The van der Waals surface area contributed by atoms with E-state index < -0.39 is 16.4 Å². The van der Waals surface area contributed by atoms with Gasteiger partial charge in [0.1, 0.15) is 6.29 Å². The molecule has 0 aromatic heterocycles. The molecule has 0 aliphatic rings. The van der Waals surface area contributed by atoms with Gasteiger partial charge in [0.25, 0.3) is 0 Å². The fourth-order valence-electron chi connectivity index (χ4n) is 1.13. The summed E-state index contributed by atoms with van der Waals surface area (Å²) in [6.45, 7) is 1.51. The van der Waals surface area contributed by atoms with E-state index in [4.69, 9.17) is 11.6 Å². The highest BCUT2D eigenvalue weighted by atomic mass is 35.5. The van der Waals surface area contributed by atoms with Gasteiger partial charge in [-0.3, -0.25) is 14.9 Å². The van der Waals surface area contributed by atoms with Gasteiger partial charge >= 0.3 is 5.69 Å². The molecule has 0 saturated heterocycles. The quantitative estimate of drug-likeness (QED) is 0.382. The van der Waals surface area contributed by atoms with Crippen molar-refractivity contribution in [3.05, 3.63) is 38.4 Å². The summed E-state index contributed by atoms with van der Waals surface area (Å²) in [5, 5.41) is 20.3. The van der Waals surface area contributed by atoms with Crippen molar-refractivity contribution in [1.82, 2.24) is 0 Å². The Kier molecular flexibility index (Phi) is 3.63.